The van der Waals surface area contributed by atoms with Gasteiger partial charge >= 0.3 is 0 Å². The Labute approximate surface area is 308 Å². The third-order valence-electron chi connectivity index (χ3n) is 11.3. The van der Waals surface area contributed by atoms with E-state index < -0.39 is 0 Å². The highest BCUT2D eigenvalue weighted by atomic mass is 32.1. The van der Waals surface area contributed by atoms with Crippen molar-refractivity contribution < 1.29 is 8.83 Å². The Morgan fingerprint density at radius 2 is 1.08 bits per heavy atom. The maximum atomic E-state index is 6.93. The molecule has 3 heterocycles. The molecule has 3 aromatic heterocycles. The minimum absolute atomic E-state index is 0.894. The van der Waals surface area contributed by atoms with Gasteiger partial charge in [-0.25, -0.2) is 0 Å². The minimum atomic E-state index is 0.894. The number of allylic oxidation sites excluding steroid dienone is 1. The Bertz CT molecular complexity index is 3290. The molecule has 1 aliphatic rings. The fourth-order valence-electron chi connectivity index (χ4n) is 8.99. The zero-order valence-corrected chi connectivity index (χ0v) is 29.5. The summed E-state index contributed by atoms with van der Waals surface area (Å²) in [4.78, 5) is 0. The molecular weight excluding hydrogens is 665 g/mol. The van der Waals surface area contributed by atoms with Crippen LogP contribution in [0.2, 0.25) is 0 Å². The van der Waals surface area contributed by atoms with E-state index in [2.05, 4.69) is 146 Å². The van der Waals surface area contributed by atoms with Gasteiger partial charge in [0.05, 0.1) is 0 Å². The molecule has 2 nitrogen and oxygen atoms in total. The average Bonchev–Trinajstić information content (AvgIpc) is 3.91. The van der Waals surface area contributed by atoms with Crippen molar-refractivity contribution in [2.24, 2.45) is 0 Å². The van der Waals surface area contributed by atoms with Crippen LogP contribution >= 0.6 is 11.3 Å². The number of hydrogen-bond acceptors (Lipinski definition) is 3. The van der Waals surface area contributed by atoms with Crippen LogP contribution in [0.5, 0.6) is 0 Å². The van der Waals surface area contributed by atoms with E-state index in [9.17, 15) is 0 Å². The number of benzene rings is 8. The lowest BCUT2D eigenvalue weighted by atomic mass is 9.83. The van der Waals surface area contributed by atoms with Gasteiger partial charge in [0.1, 0.15) is 22.5 Å². The van der Waals surface area contributed by atoms with Crippen LogP contribution in [0.25, 0.3) is 114 Å². The lowest BCUT2D eigenvalue weighted by Gasteiger charge is -2.19. The molecule has 0 atom stereocenters. The predicted octanol–water partition coefficient (Wildman–Crippen LogP) is 15.0. The van der Waals surface area contributed by atoms with Gasteiger partial charge in [-0.2, -0.15) is 0 Å². The molecule has 12 rings (SSSR count). The Kier molecular flexibility index (Phi) is 6.08. The average molecular weight is 695 g/mol. The molecule has 1 aliphatic carbocycles. The van der Waals surface area contributed by atoms with Crippen LogP contribution in [-0.4, -0.2) is 0 Å². The van der Waals surface area contributed by atoms with Crippen molar-refractivity contribution in [1.29, 1.82) is 0 Å². The van der Waals surface area contributed by atoms with Gasteiger partial charge in [-0.05, 0) is 98.2 Å². The van der Waals surface area contributed by atoms with Crippen LogP contribution in [0, 0.1) is 0 Å². The van der Waals surface area contributed by atoms with Crippen LogP contribution in [0.15, 0.2) is 161 Å². The monoisotopic (exact) mass is 694 g/mol. The quantitative estimate of drug-likeness (QED) is 0.172. The highest BCUT2D eigenvalue weighted by Crippen LogP contribution is 2.50. The van der Waals surface area contributed by atoms with Crippen molar-refractivity contribution in [3.63, 3.8) is 0 Å². The topological polar surface area (TPSA) is 26.3 Å². The van der Waals surface area contributed by atoms with Gasteiger partial charge in [0.25, 0.3) is 0 Å². The second-order valence-electron chi connectivity index (χ2n) is 14.2. The number of aryl methyl sites for hydroxylation is 1. The number of hydrogen-bond donors (Lipinski definition) is 0. The molecule has 3 heteroatoms. The van der Waals surface area contributed by atoms with Crippen LogP contribution in [0.3, 0.4) is 0 Å². The van der Waals surface area contributed by atoms with Crippen molar-refractivity contribution in [3.8, 4) is 33.4 Å². The van der Waals surface area contributed by atoms with E-state index >= 15 is 0 Å². The molecule has 0 saturated carbocycles. The van der Waals surface area contributed by atoms with Gasteiger partial charge in [0.15, 0.2) is 0 Å². The number of fused-ring (bicyclic) bond motifs is 11. The molecule has 248 valence electrons. The molecule has 0 fully saturated rings. The highest BCUT2D eigenvalue weighted by Gasteiger charge is 2.25. The first kappa shape index (κ1) is 29.2. The van der Waals surface area contributed by atoms with Crippen molar-refractivity contribution >= 4 is 92.0 Å². The smallest absolute Gasteiger partial charge is 0.143 e. The SMILES string of the molecule is C1=Cc2c(oc3c(-c4ccc5oc6ccccc6c5c4)ccc(-c4c5ccccc5c(-c5ccc6sc7ccccc7c6c5)c5ccccc45)c23)CC1. The van der Waals surface area contributed by atoms with Crippen molar-refractivity contribution in [3.05, 3.63) is 163 Å². The second-order valence-corrected chi connectivity index (χ2v) is 15.3. The van der Waals surface area contributed by atoms with Gasteiger partial charge in [-0.1, -0.05) is 115 Å². The van der Waals surface area contributed by atoms with Crippen molar-refractivity contribution in [2.45, 2.75) is 12.8 Å². The van der Waals surface area contributed by atoms with Crippen LogP contribution < -0.4 is 0 Å². The Balaban J connectivity index is 1.15. The Hall–Kier alpha value is -6.42. The number of thiophene rings is 1. The third-order valence-corrected chi connectivity index (χ3v) is 12.5. The Morgan fingerprint density at radius 1 is 0.453 bits per heavy atom. The van der Waals surface area contributed by atoms with Crippen molar-refractivity contribution in [1.82, 2.24) is 0 Å². The molecule has 0 unspecified atom stereocenters. The predicted molar refractivity (Wildman–Crippen MR) is 225 cm³/mol. The zero-order chi connectivity index (χ0) is 34.6. The summed E-state index contributed by atoms with van der Waals surface area (Å²) in [5.41, 5.74) is 11.1. The molecule has 11 aromatic rings. The molecule has 0 aliphatic heterocycles. The summed E-state index contributed by atoms with van der Waals surface area (Å²) in [6, 6.07) is 53.2. The summed E-state index contributed by atoms with van der Waals surface area (Å²) in [7, 11) is 0. The lowest BCUT2D eigenvalue weighted by molar-refractivity contribution is 0.547. The first-order chi connectivity index (χ1) is 26.3. The fourth-order valence-corrected chi connectivity index (χ4v) is 10.1. The highest BCUT2D eigenvalue weighted by molar-refractivity contribution is 7.25. The number of rotatable bonds is 3. The van der Waals surface area contributed by atoms with Crippen LogP contribution in [-0.2, 0) is 6.42 Å². The standard InChI is InChI=1S/C50H30O2S/c1-3-15-36-34(13-1)47(30-22-26-46-41(28-30)33-12-7-10-20-45(33)53-46)35-14-2-4-16-37(35)48(36)39-24-23-31(50-49(39)38-17-6-9-19-43(38)52-50)29-21-25-44-40(27-29)32-11-5-8-18-42(32)51-44/h1-8,10-18,20-28H,9,19H2. The van der Waals surface area contributed by atoms with Gasteiger partial charge < -0.3 is 8.83 Å². The first-order valence-corrected chi connectivity index (χ1v) is 19.1. The van der Waals surface area contributed by atoms with E-state index in [1.807, 2.05) is 23.5 Å². The number of furan rings is 2. The molecule has 0 spiro atoms. The molecule has 8 aromatic carbocycles. The molecule has 53 heavy (non-hydrogen) atoms. The van der Waals surface area contributed by atoms with Gasteiger partial charge in [0.2, 0.25) is 0 Å². The van der Waals surface area contributed by atoms with E-state index in [4.69, 9.17) is 8.83 Å². The second kappa shape index (κ2) is 11.0. The summed E-state index contributed by atoms with van der Waals surface area (Å²) in [5, 5.41) is 11.1. The van der Waals surface area contributed by atoms with E-state index in [0.717, 1.165) is 57.3 Å². The molecule has 0 amide bonds. The normalized spacial score (nSPS) is 13.1. The summed E-state index contributed by atoms with van der Waals surface area (Å²) in [5.74, 6) is 1.06. The van der Waals surface area contributed by atoms with Gasteiger partial charge in [-0.3, -0.25) is 0 Å². The third kappa shape index (κ3) is 4.20. The van der Waals surface area contributed by atoms with Gasteiger partial charge in [-0.15, -0.1) is 11.3 Å². The lowest BCUT2D eigenvalue weighted by Crippen LogP contribution is -1.93. The molecule has 0 radical (unpaired) electrons. The molecule has 0 bridgehead atoms. The fraction of sp³-hybridized carbons (Fsp3) is 0.0400. The summed E-state index contributed by atoms with van der Waals surface area (Å²) >= 11 is 1.87. The van der Waals surface area contributed by atoms with E-state index in [1.165, 1.54) is 74.9 Å². The Morgan fingerprint density at radius 3 is 1.89 bits per heavy atom. The first-order valence-electron chi connectivity index (χ1n) is 18.3. The molecular formula is C50H30O2S. The van der Waals surface area contributed by atoms with E-state index in [1.54, 1.807) is 0 Å². The maximum absolute atomic E-state index is 6.93. The molecule has 0 saturated heterocycles. The largest absolute Gasteiger partial charge is 0.460 e. The minimum Gasteiger partial charge on any atom is -0.460 e. The zero-order valence-electron chi connectivity index (χ0n) is 28.7. The van der Waals surface area contributed by atoms with E-state index in [0.29, 0.717) is 0 Å². The van der Waals surface area contributed by atoms with E-state index in [-0.39, 0.29) is 0 Å². The van der Waals surface area contributed by atoms with Crippen molar-refractivity contribution in [2.75, 3.05) is 0 Å². The maximum Gasteiger partial charge on any atom is 0.143 e. The van der Waals surface area contributed by atoms with Crippen LogP contribution in [0.4, 0.5) is 0 Å². The summed E-state index contributed by atoms with van der Waals surface area (Å²) < 4.78 is 15.8. The van der Waals surface area contributed by atoms with Crippen LogP contribution in [0.1, 0.15) is 17.7 Å². The summed E-state index contributed by atoms with van der Waals surface area (Å²) in [6.07, 6.45) is 6.45. The summed E-state index contributed by atoms with van der Waals surface area (Å²) in [6.45, 7) is 0. The van der Waals surface area contributed by atoms with Gasteiger partial charge in [0, 0.05) is 53.9 Å². The number of para-hydroxylation sites is 1. The molecule has 0 N–H and O–H groups in total.